The van der Waals surface area contributed by atoms with Crippen LogP contribution >= 0.6 is 23.2 Å². The largest absolute Gasteiger partial charge is 0.314 e. The Balaban J connectivity index is 1.83. The Morgan fingerprint density at radius 2 is 1.53 bits per heavy atom. The molecule has 0 aliphatic rings. The highest BCUT2D eigenvalue weighted by Gasteiger charge is 2.20. The fourth-order valence-corrected chi connectivity index (χ4v) is 4.69. The lowest BCUT2D eigenvalue weighted by Crippen LogP contribution is -2.30. The minimum absolute atomic E-state index is 0.0417. The molecule has 1 atom stereocenters. The molecule has 0 saturated heterocycles. The molecule has 8 heteroatoms. The van der Waals surface area contributed by atoms with Crippen LogP contribution in [0.2, 0.25) is 10.0 Å². The first-order valence-electron chi connectivity index (χ1n) is 9.98. The third-order valence-electron chi connectivity index (χ3n) is 5.18. The lowest BCUT2D eigenvalue weighted by Gasteiger charge is -2.25. The van der Waals surface area contributed by atoms with E-state index in [1.165, 1.54) is 4.31 Å². The molecule has 0 aromatic heterocycles. The molecule has 1 unspecified atom stereocenters. The molecular formula is C24H24Cl2N2O3S. The summed E-state index contributed by atoms with van der Waals surface area (Å²) in [5.41, 5.74) is 2.88. The van der Waals surface area contributed by atoms with Crippen LogP contribution in [0.4, 0.5) is 11.4 Å². The fraction of sp³-hybridized carbons (Fsp3) is 0.208. The lowest BCUT2D eigenvalue weighted by molar-refractivity contribution is -0.107. The predicted octanol–water partition coefficient (Wildman–Crippen LogP) is 5.73. The van der Waals surface area contributed by atoms with Crippen molar-refractivity contribution in [3.8, 4) is 0 Å². The number of carbonyl (C=O) groups is 1. The summed E-state index contributed by atoms with van der Waals surface area (Å²) in [5, 5.41) is 0.684. The number of benzene rings is 3. The standard InChI is InChI=1S/C24H24Cl2N2O3S/c1-18(19-7-4-3-5-8-19)15-27(17-29)21-11-13-22(14-12-21)28(32(2,30)31)16-20-9-6-10-23(25)24(20)26/h3-14,17-18H,15-16H2,1-2H3. The second-order valence-corrected chi connectivity index (χ2v) is 10.3. The number of rotatable bonds is 9. The van der Waals surface area contributed by atoms with Gasteiger partial charge in [0.2, 0.25) is 16.4 Å². The van der Waals surface area contributed by atoms with E-state index in [0.717, 1.165) is 18.2 Å². The molecule has 0 spiro atoms. The molecule has 3 aromatic rings. The van der Waals surface area contributed by atoms with Gasteiger partial charge in [0.15, 0.2) is 0 Å². The van der Waals surface area contributed by atoms with Crippen molar-refractivity contribution in [1.82, 2.24) is 0 Å². The monoisotopic (exact) mass is 490 g/mol. The number of hydrogen-bond donors (Lipinski definition) is 0. The van der Waals surface area contributed by atoms with Crippen LogP contribution in [0.1, 0.15) is 24.0 Å². The van der Waals surface area contributed by atoms with Gasteiger partial charge in [-0.25, -0.2) is 8.42 Å². The molecule has 0 aliphatic carbocycles. The van der Waals surface area contributed by atoms with Gasteiger partial charge in [-0.05, 0) is 47.4 Å². The quantitative estimate of drug-likeness (QED) is 0.360. The minimum Gasteiger partial charge on any atom is -0.314 e. The second kappa shape index (κ2) is 10.4. The van der Waals surface area contributed by atoms with Crippen molar-refractivity contribution in [1.29, 1.82) is 0 Å². The number of carbonyl (C=O) groups excluding carboxylic acids is 1. The molecule has 0 saturated carbocycles. The Kier molecular flexibility index (Phi) is 7.82. The third kappa shape index (κ3) is 5.82. The highest BCUT2D eigenvalue weighted by Crippen LogP contribution is 2.30. The zero-order valence-electron chi connectivity index (χ0n) is 17.8. The van der Waals surface area contributed by atoms with Crippen molar-refractivity contribution in [2.75, 3.05) is 22.0 Å². The summed E-state index contributed by atoms with van der Waals surface area (Å²) in [4.78, 5) is 13.4. The zero-order chi connectivity index (χ0) is 23.3. The summed E-state index contributed by atoms with van der Waals surface area (Å²) in [7, 11) is -3.59. The van der Waals surface area contributed by atoms with Gasteiger partial charge in [-0.1, -0.05) is 72.6 Å². The van der Waals surface area contributed by atoms with E-state index in [9.17, 15) is 13.2 Å². The molecule has 168 valence electrons. The van der Waals surface area contributed by atoms with Gasteiger partial charge in [0.1, 0.15) is 0 Å². The third-order valence-corrected chi connectivity index (χ3v) is 7.18. The van der Waals surface area contributed by atoms with E-state index in [2.05, 4.69) is 6.92 Å². The number of anilines is 2. The highest BCUT2D eigenvalue weighted by molar-refractivity contribution is 7.92. The lowest BCUT2D eigenvalue weighted by atomic mass is 10.0. The first kappa shape index (κ1) is 24.1. The number of amides is 1. The molecule has 3 rings (SSSR count). The highest BCUT2D eigenvalue weighted by atomic mass is 35.5. The summed E-state index contributed by atoms with van der Waals surface area (Å²) in [6.07, 6.45) is 1.92. The Hall–Kier alpha value is -2.54. The van der Waals surface area contributed by atoms with Crippen LogP contribution < -0.4 is 9.21 Å². The van der Waals surface area contributed by atoms with Crippen molar-refractivity contribution >= 4 is 51.0 Å². The molecule has 3 aromatic carbocycles. The molecule has 0 bridgehead atoms. The molecule has 5 nitrogen and oxygen atoms in total. The van der Waals surface area contributed by atoms with Gasteiger partial charge in [0, 0.05) is 12.2 Å². The van der Waals surface area contributed by atoms with Crippen LogP contribution in [0, 0.1) is 0 Å². The molecule has 0 radical (unpaired) electrons. The van der Waals surface area contributed by atoms with E-state index in [4.69, 9.17) is 23.2 Å². The van der Waals surface area contributed by atoms with Crippen LogP contribution in [0.5, 0.6) is 0 Å². The van der Waals surface area contributed by atoms with Gasteiger partial charge in [-0.3, -0.25) is 9.10 Å². The van der Waals surface area contributed by atoms with E-state index >= 15 is 0 Å². The number of sulfonamides is 1. The first-order chi connectivity index (χ1) is 15.2. The molecule has 32 heavy (non-hydrogen) atoms. The average Bonchev–Trinajstić information content (AvgIpc) is 2.78. The summed E-state index contributed by atoms with van der Waals surface area (Å²) in [6.45, 7) is 2.60. The smallest absolute Gasteiger partial charge is 0.232 e. The maximum atomic E-state index is 12.5. The molecule has 0 N–H and O–H groups in total. The van der Waals surface area contributed by atoms with E-state index in [1.807, 2.05) is 30.3 Å². The molecule has 0 fully saturated rings. The Morgan fingerprint density at radius 3 is 2.12 bits per heavy atom. The average molecular weight is 491 g/mol. The van der Waals surface area contributed by atoms with Crippen molar-refractivity contribution in [2.45, 2.75) is 19.4 Å². The topological polar surface area (TPSA) is 57.7 Å². The van der Waals surface area contributed by atoms with E-state index in [1.54, 1.807) is 47.4 Å². The van der Waals surface area contributed by atoms with Gasteiger partial charge in [-0.2, -0.15) is 0 Å². The summed E-state index contributed by atoms with van der Waals surface area (Å²) < 4.78 is 26.2. The zero-order valence-corrected chi connectivity index (χ0v) is 20.1. The van der Waals surface area contributed by atoms with Gasteiger partial charge in [0.25, 0.3) is 0 Å². The SMILES string of the molecule is CC(CN(C=O)c1ccc(N(Cc2cccc(Cl)c2Cl)S(C)(=O)=O)cc1)c1ccccc1. The van der Waals surface area contributed by atoms with E-state index in [0.29, 0.717) is 33.5 Å². The van der Waals surface area contributed by atoms with Gasteiger partial charge in [0.05, 0.1) is 28.5 Å². The van der Waals surface area contributed by atoms with Crippen molar-refractivity contribution in [2.24, 2.45) is 0 Å². The molecule has 0 aliphatic heterocycles. The van der Waals surface area contributed by atoms with Gasteiger partial charge in [-0.15, -0.1) is 0 Å². The normalized spacial score (nSPS) is 12.2. The second-order valence-electron chi connectivity index (χ2n) is 7.57. The first-order valence-corrected chi connectivity index (χ1v) is 12.6. The van der Waals surface area contributed by atoms with E-state index in [-0.39, 0.29) is 12.5 Å². The van der Waals surface area contributed by atoms with Gasteiger partial charge < -0.3 is 4.90 Å². The predicted molar refractivity (Wildman–Crippen MR) is 132 cm³/mol. The van der Waals surface area contributed by atoms with Crippen LogP contribution in [0.3, 0.4) is 0 Å². The minimum atomic E-state index is -3.59. The maximum Gasteiger partial charge on any atom is 0.232 e. The number of hydrogen-bond acceptors (Lipinski definition) is 3. The summed E-state index contributed by atoms with van der Waals surface area (Å²) in [5.74, 6) is 0.138. The molecule has 0 heterocycles. The summed E-state index contributed by atoms with van der Waals surface area (Å²) >= 11 is 12.3. The maximum absolute atomic E-state index is 12.5. The molecule has 1 amide bonds. The van der Waals surface area contributed by atoms with Crippen molar-refractivity contribution in [3.63, 3.8) is 0 Å². The van der Waals surface area contributed by atoms with Gasteiger partial charge >= 0.3 is 0 Å². The Labute approximate surface area is 199 Å². The summed E-state index contributed by atoms with van der Waals surface area (Å²) in [6, 6.07) is 21.9. The molecular weight excluding hydrogens is 467 g/mol. The van der Waals surface area contributed by atoms with Crippen LogP contribution in [0.25, 0.3) is 0 Å². The van der Waals surface area contributed by atoms with Crippen molar-refractivity contribution in [3.05, 3.63) is 94.0 Å². The van der Waals surface area contributed by atoms with Crippen molar-refractivity contribution < 1.29 is 13.2 Å². The van der Waals surface area contributed by atoms with Crippen LogP contribution in [-0.2, 0) is 21.4 Å². The number of nitrogens with zero attached hydrogens (tertiary/aromatic N) is 2. The van der Waals surface area contributed by atoms with Crippen LogP contribution in [-0.4, -0.2) is 27.6 Å². The Morgan fingerprint density at radius 1 is 0.906 bits per heavy atom. The fourth-order valence-electron chi connectivity index (χ4n) is 3.43. The van der Waals surface area contributed by atoms with Crippen LogP contribution in [0.15, 0.2) is 72.8 Å². The Bertz CT molecular complexity index is 1170. The van der Waals surface area contributed by atoms with E-state index < -0.39 is 10.0 Å². The number of halogens is 2.